The summed E-state index contributed by atoms with van der Waals surface area (Å²) in [7, 11) is 0. The Morgan fingerprint density at radius 1 is 1.33 bits per heavy atom. The zero-order valence-corrected chi connectivity index (χ0v) is 13.4. The third-order valence-corrected chi connectivity index (χ3v) is 4.47. The average molecular weight is 365 g/mol. The number of carboxylic acid groups (broad SMARTS) is 1. The Labute approximate surface area is 141 Å². The minimum Gasteiger partial charge on any atom is -0.481 e. The number of hydrogen-bond donors (Lipinski definition) is 2. The number of likely N-dealkylation sites (tertiary alicyclic amines) is 1. The molecule has 0 aromatic heterocycles. The summed E-state index contributed by atoms with van der Waals surface area (Å²) in [4.78, 5) is 24.6. The summed E-state index contributed by atoms with van der Waals surface area (Å²) in [5, 5.41) is 11.9. The Morgan fingerprint density at radius 2 is 1.96 bits per heavy atom. The molecule has 2 N–H and O–H groups in total. The molecule has 1 unspecified atom stereocenters. The molecule has 1 aliphatic heterocycles. The van der Waals surface area contributed by atoms with Gasteiger partial charge in [-0.05, 0) is 19.1 Å². The third-order valence-electron chi connectivity index (χ3n) is 4.14. The van der Waals surface area contributed by atoms with Crippen LogP contribution in [0.25, 0.3) is 0 Å². The van der Waals surface area contributed by atoms with E-state index in [9.17, 15) is 22.8 Å². The first-order chi connectivity index (χ1) is 11.1. The van der Waals surface area contributed by atoms with Gasteiger partial charge in [-0.25, -0.2) is 0 Å². The summed E-state index contributed by atoms with van der Waals surface area (Å²) in [6, 6.07) is 5.54. The molecule has 1 saturated heterocycles. The number of rotatable bonds is 4. The summed E-state index contributed by atoms with van der Waals surface area (Å²) >= 11 is 5.93. The van der Waals surface area contributed by atoms with Gasteiger partial charge in [-0.3, -0.25) is 14.5 Å². The number of halogens is 4. The molecule has 9 heteroatoms. The van der Waals surface area contributed by atoms with Crippen LogP contribution in [0.1, 0.15) is 6.92 Å². The topological polar surface area (TPSA) is 69.6 Å². The van der Waals surface area contributed by atoms with Crippen molar-refractivity contribution in [3.63, 3.8) is 0 Å². The first kappa shape index (κ1) is 18.5. The summed E-state index contributed by atoms with van der Waals surface area (Å²) in [5.41, 5.74) is 0.345. The van der Waals surface area contributed by atoms with E-state index in [-0.39, 0.29) is 6.54 Å². The van der Waals surface area contributed by atoms with Crippen molar-refractivity contribution in [2.45, 2.75) is 19.1 Å². The Balaban J connectivity index is 2.09. The molecule has 0 radical (unpaired) electrons. The quantitative estimate of drug-likeness (QED) is 0.862. The van der Waals surface area contributed by atoms with Crippen LogP contribution in [0, 0.1) is 11.8 Å². The molecule has 1 heterocycles. The van der Waals surface area contributed by atoms with E-state index in [1.165, 1.54) is 11.8 Å². The second-order valence-electron chi connectivity index (χ2n) is 5.69. The minimum atomic E-state index is -4.63. The molecule has 24 heavy (non-hydrogen) atoms. The molecule has 3 atom stereocenters. The average Bonchev–Trinajstić information content (AvgIpc) is 2.94. The van der Waals surface area contributed by atoms with Gasteiger partial charge in [0.15, 0.2) is 0 Å². The van der Waals surface area contributed by atoms with Crippen LogP contribution in [-0.2, 0) is 9.59 Å². The van der Waals surface area contributed by atoms with Crippen LogP contribution >= 0.6 is 11.6 Å². The highest BCUT2D eigenvalue weighted by Crippen LogP contribution is 2.38. The van der Waals surface area contributed by atoms with E-state index in [4.69, 9.17) is 16.7 Å². The van der Waals surface area contributed by atoms with Crippen LogP contribution in [0.4, 0.5) is 18.9 Å². The van der Waals surface area contributed by atoms with Crippen LogP contribution in [-0.4, -0.2) is 47.2 Å². The fourth-order valence-corrected chi connectivity index (χ4v) is 2.88. The van der Waals surface area contributed by atoms with E-state index in [0.717, 1.165) is 0 Å². The molecule has 132 valence electrons. The van der Waals surface area contributed by atoms with Gasteiger partial charge in [0.05, 0.1) is 28.6 Å². The van der Waals surface area contributed by atoms with E-state index >= 15 is 0 Å². The van der Waals surface area contributed by atoms with Crippen LogP contribution in [0.5, 0.6) is 0 Å². The number of alkyl halides is 3. The molecular formula is C15H16ClF3N2O3. The molecule has 1 fully saturated rings. The smallest absolute Gasteiger partial charge is 0.393 e. The summed E-state index contributed by atoms with van der Waals surface area (Å²) in [5.74, 6) is -5.64. The second kappa shape index (κ2) is 6.98. The number of nitrogens with zero attached hydrogens (tertiary/aromatic N) is 1. The molecule has 1 aromatic rings. The van der Waals surface area contributed by atoms with Gasteiger partial charge in [0.2, 0.25) is 5.91 Å². The van der Waals surface area contributed by atoms with Gasteiger partial charge < -0.3 is 10.4 Å². The number of benzene rings is 1. The number of hydrogen-bond acceptors (Lipinski definition) is 3. The van der Waals surface area contributed by atoms with Crippen molar-refractivity contribution in [1.82, 2.24) is 4.90 Å². The Kier molecular flexibility index (Phi) is 5.39. The predicted octanol–water partition coefficient (Wildman–Crippen LogP) is 2.86. The van der Waals surface area contributed by atoms with Crippen LogP contribution < -0.4 is 5.32 Å². The van der Waals surface area contributed by atoms with E-state index in [2.05, 4.69) is 5.32 Å². The number of amides is 1. The van der Waals surface area contributed by atoms with Gasteiger partial charge in [0.25, 0.3) is 0 Å². The van der Waals surface area contributed by atoms with Gasteiger partial charge in [0, 0.05) is 13.1 Å². The molecule has 1 aliphatic rings. The van der Waals surface area contributed by atoms with Gasteiger partial charge in [0.1, 0.15) is 0 Å². The minimum absolute atomic E-state index is 0.302. The first-order valence-electron chi connectivity index (χ1n) is 7.20. The van der Waals surface area contributed by atoms with Crippen molar-refractivity contribution in [2.75, 3.05) is 18.4 Å². The molecule has 5 nitrogen and oxygen atoms in total. The highest BCUT2D eigenvalue weighted by Gasteiger charge is 2.53. The number of anilines is 1. The van der Waals surface area contributed by atoms with Gasteiger partial charge in [-0.2, -0.15) is 13.2 Å². The van der Waals surface area contributed by atoms with E-state index < -0.39 is 42.5 Å². The lowest BCUT2D eigenvalue weighted by Crippen LogP contribution is -2.41. The lowest BCUT2D eigenvalue weighted by molar-refractivity contribution is -0.188. The van der Waals surface area contributed by atoms with Crippen LogP contribution in [0.3, 0.4) is 0 Å². The van der Waals surface area contributed by atoms with Gasteiger partial charge in [-0.15, -0.1) is 0 Å². The zero-order chi connectivity index (χ0) is 18.1. The Morgan fingerprint density at radius 3 is 2.46 bits per heavy atom. The highest BCUT2D eigenvalue weighted by molar-refractivity contribution is 6.33. The monoisotopic (exact) mass is 364 g/mol. The number of aliphatic carboxylic acids is 1. The Hall–Kier alpha value is -1.80. The molecule has 0 aliphatic carbocycles. The zero-order valence-electron chi connectivity index (χ0n) is 12.7. The SMILES string of the molecule is CC(C(=O)Nc1ccccc1Cl)N1C[C@@H](C(F)(F)F)[C@H](C(=O)O)C1. The fraction of sp³-hybridized carbons (Fsp3) is 0.467. The maximum atomic E-state index is 13.0. The van der Waals surface area contributed by atoms with Crippen LogP contribution in [0.2, 0.25) is 5.02 Å². The van der Waals surface area contributed by atoms with Gasteiger partial charge in [-0.1, -0.05) is 23.7 Å². The van der Waals surface area contributed by atoms with E-state index in [0.29, 0.717) is 10.7 Å². The molecule has 0 saturated carbocycles. The number of carbonyl (C=O) groups excluding carboxylic acids is 1. The predicted molar refractivity (Wildman–Crippen MR) is 81.8 cm³/mol. The van der Waals surface area contributed by atoms with Crippen LogP contribution in [0.15, 0.2) is 24.3 Å². The van der Waals surface area contributed by atoms with Crippen molar-refractivity contribution in [3.8, 4) is 0 Å². The molecule has 1 aromatic carbocycles. The molecule has 1 amide bonds. The second-order valence-corrected chi connectivity index (χ2v) is 6.10. The van der Waals surface area contributed by atoms with E-state index in [1.54, 1.807) is 24.3 Å². The maximum absolute atomic E-state index is 13.0. The van der Waals surface area contributed by atoms with Gasteiger partial charge >= 0.3 is 12.1 Å². The Bertz CT molecular complexity index is 639. The number of nitrogens with one attached hydrogen (secondary N) is 1. The third kappa shape index (κ3) is 3.99. The van der Waals surface area contributed by atoms with Crippen molar-refractivity contribution < 1.29 is 27.9 Å². The highest BCUT2D eigenvalue weighted by atomic mass is 35.5. The number of para-hydroxylation sites is 1. The fourth-order valence-electron chi connectivity index (χ4n) is 2.70. The van der Waals surface area contributed by atoms with Crippen molar-refractivity contribution in [3.05, 3.63) is 29.3 Å². The summed E-state index contributed by atoms with van der Waals surface area (Å²) < 4.78 is 39.0. The summed E-state index contributed by atoms with van der Waals surface area (Å²) in [6.07, 6.45) is -4.63. The molecule has 0 spiro atoms. The number of carbonyl (C=O) groups is 2. The van der Waals surface area contributed by atoms with E-state index in [1.807, 2.05) is 0 Å². The molecule has 0 bridgehead atoms. The lowest BCUT2D eigenvalue weighted by Gasteiger charge is -2.24. The molecular weight excluding hydrogens is 349 g/mol. The van der Waals surface area contributed by atoms with Crippen molar-refractivity contribution >= 4 is 29.2 Å². The first-order valence-corrected chi connectivity index (χ1v) is 7.58. The number of carboxylic acids is 1. The largest absolute Gasteiger partial charge is 0.481 e. The lowest BCUT2D eigenvalue weighted by atomic mass is 9.96. The standard InChI is InChI=1S/C15H16ClF3N2O3/c1-8(13(22)20-12-5-3-2-4-11(12)16)21-6-9(14(23)24)10(7-21)15(17,18)19/h2-5,8-10H,6-7H2,1H3,(H,20,22)(H,23,24)/t8?,9-,10-/m1/s1. The van der Waals surface area contributed by atoms with Crippen molar-refractivity contribution in [2.24, 2.45) is 11.8 Å². The van der Waals surface area contributed by atoms with Crippen molar-refractivity contribution in [1.29, 1.82) is 0 Å². The normalized spacial score (nSPS) is 23.0. The maximum Gasteiger partial charge on any atom is 0.393 e. The summed E-state index contributed by atoms with van der Waals surface area (Å²) in [6.45, 7) is 0.567. The molecule has 2 rings (SSSR count).